The van der Waals surface area contributed by atoms with E-state index >= 15 is 0 Å². The summed E-state index contributed by atoms with van der Waals surface area (Å²) in [5.41, 5.74) is 0. The summed E-state index contributed by atoms with van der Waals surface area (Å²) in [6.07, 6.45) is 0. The maximum atomic E-state index is 8.45. The molecule has 2 nitrogen and oxygen atoms in total. The van der Waals surface area contributed by atoms with Crippen molar-refractivity contribution in [1.82, 2.24) is 0 Å². The fourth-order valence-corrected chi connectivity index (χ4v) is 0.957. The van der Waals surface area contributed by atoms with Crippen molar-refractivity contribution in [2.24, 2.45) is 0 Å². The Hall–Kier alpha value is 0.270. The van der Waals surface area contributed by atoms with Crippen molar-refractivity contribution in [2.45, 2.75) is 5.25 Å². The molecule has 3 heteroatoms. The second-order valence-corrected chi connectivity index (χ2v) is 2.50. The molecule has 1 unspecified atom stereocenters. The molecule has 1 atom stereocenters. The molecule has 0 aromatic carbocycles. The summed E-state index contributed by atoms with van der Waals surface area (Å²) in [5.74, 6) is 1.67. The minimum absolute atomic E-state index is 0.223. The molecule has 0 bridgehead atoms. The second-order valence-electron chi connectivity index (χ2n) is 1.37. The number of aliphatic hydroxyl groups excluding tert-OH is 1. The lowest BCUT2D eigenvalue weighted by atomic mass is 10.5. The highest BCUT2D eigenvalue weighted by Gasteiger charge is 2.14. The first-order valence-corrected chi connectivity index (χ1v) is 3.07. The van der Waals surface area contributed by atoms with Crippen LogP contribution in [-0.2, 0) is 4.74 Å². The van der Waals surface area contributed by atoms with E-state index in [1.54, 1.807) is 17.7 Å². The van der Waals surface area contributed by atoms with Crippen LogP contribution in [0.1, 0.15) is 0 Å². The SMILES string of the molecule is OCC1CO[CH]S1. The summed E-state index contributed by atoms with van der Waals surface area (Å²) in [6, 6.07) is 0. The molecule has 1 rings (SSSR count). The third kappa shape index (κ3) is 1.33. The third-order valence-corrected chi connectivity index (χ3v) is 1.72. The van der Waals surface area contributed by atoms with Gasteiger partial charge in [-0.1, -0.05) is 0 Å². The zero-order chi connectivity index (χ0) is 5.11. The van der Waals surface area contributed by atoms with E-state index in [0.717, 1.165) is 0 Å². The van der Waals surface area contributed by atoms with Crippen LogP contribution in [0, 0.1) is 5.94 Å². The molecule has 0 spiro atoms. The van der Waals surface area contributed by atoms with Crippen LogP contribution in [-0.4, -0.2) is 23.6 Å². The highest BCUT2D eigenvalue weighted by Crippen LogP contribution is 2.22. The van der Waals surface area contributed by atoms with Crippen LogP contribution in [0.5, 0.6) is 0 Å². The van der Waals surface area contributed by atoms with Crippen molar-refractivity contribution in [2.75, 3.05) is 13.2 Å². The van der Waals surface area contributed by atoms with Crippen molar-refractivity contribution >= 4 is 11.8 Å². The second kappa shape index (κ2) is 2.55. The minimum atomic E-state index is 0.223. The van der Waals surface area contributed by atoms with Gasteiger partial charge in [0.2, 0.25) is 0 Å². The molecular formula is C4H7O2S. The predicted molar refractivity (Wildman–Crippen MR) is 28.7 cm³/mol. The van der Waals surface area contributed by atoms with Gasteiger partial charge < -0.3 is 9.84 Å². The molecule has 0 aromatic heterocycles. The lowest BCUT2D eigenvalue weighted by Gasteiger charge is -1.95. The third-order valence-electron chi connectivity index (χ3n) is 0.802. The van der Waals surface area contributed by atoms with E-state index in [4.69, 9.17) is 9.84 Å². The van der Waals surface area contributed by atoms with Gasteiger partial charge >= 0.3 is 0 Å². The van der Waals surface area contributed by atoms with Crippen LogP contribution in [0.25, 0.3) is 0 Å². The molecule has 0 aromatic rings. The van der Waals surface area contributed by atoms with Gasteiger partial charge in [-0.3, -0.25) is 0 Å². The van der Waals surface area contributed by atoms with E-state index in [2.05, 4.69) is 0 Å². The van der Waals surface area contributed by atoms with Gasteiger partial charge in [0.1, 0.15) is 5.94 Å². The normalized spacial score (nSPS) is 31.3. The molecule has 0 amide bonds. The van der Waals surface area contributed by atoms with Gasteiger partial charge in [0.05, 0.1) is 18.5 Å². The molecule has 41 valence electrons. The predicted octanol–water partition coefficient (Wildman–Crippen LogP) is 0.230. The fourth-order valence-electron chi connectivity index (χ4n) is 0.399. The average Bonchev–Trinajstić information content (AvgIpc) is 2.14. The lowest BCUT2D eigenvalue weighted by Crippen LogP contribution is -2.07. The Kier molecular flexibility index (Phi) is 1.97. The summed E-state index contributed by atoms with van der Waals surface area (Å²) in [5, 5.41) is 8.74. The molecule has 1 saturated heterocycles. The van der Waals surface area contributed by atoms with Crippen LogP contribution >= 0.6 is 11.8 Å². The molecule has 1 radical (unpaired) electrons. The quantitative estimate of drug-likeness (QED) is 0.535. The van der Waals surface area contributed by atoms with Gasteiger partial charge in [0.25, 0.3) is 0 Å². The first-order valence-electron chi connectivity index (χ1n) is 2.13. The summed E-state index contributed by atoms with van der Waals surface area (Å²) < 4.78 is 4.83. The number of ether oxygens (including phenoxy) is 1. The van der Waals surface area contributed by atoms with Gasteiger partial charge in [-0.05, 0) is 0 Å². The highest BCUT2D eigenvalue weighted by atomic mass is 32.2. The van der Waals surface area contributed by atoms with Gasteiger partial charge in [0, 0.05) is 0 Å². The number of hydrogen-bond acceptors (Lipinski definition) is 3. The summed E-state index contributed by atoms with van der Waals surface area (Å²) in [4.78, 5) is 0. The lowest BCUT2D eigenvalue weighted by molar-refractivity contribution is 0.212. The van der Waals surface area contributed by atoms with Crippen molar-refractivity contribution < 1.29 is 9.84 Å². The van der Waals surface area contributed by atoms with Crippen LogP contribution in [0.3, 0.4) is 0 Å². The Balaban J connectivity index is 2.14. The number of thioether (sulfide) groups is 1. The summed E-state index contributed by atoms with van der Waals surface area (Å²) in [7, 11) is 0. The molecule has 0 saturated carbocycles. The minimum Gasteiger partial charge on any atom is -0.395 e. The van der Waals surface area contributed by atoms with E-state index in [1.807, 2.05) is 0 Å². The van der Waals surface area contributed by atoms with Crippen molar-refractivity contribution in [1.29, 1.82) is 0 Å². The number of aliphatic hydroxyl groups is 1. The first-order chi connectivity index (χ1) is 3.43. The van der Waals surface area contributed by atoms with Crippen LogP contribution < -0.4 is 0 Å². The Labute approximate surface area is 46.9 Å². The van der Waals surface area contributed by atoms with Gasteiger partial charge in [0.15, 0.2) is 0 Å². The molecule has 1 N–H and O–H groups in total. The standard InChI is InChI=1S/C4H7O2S/c5-1-4-2-6-3-7-4/h3-5H,1-2H2. The molecular weight excluding hydrogens is 112 g/mol. The average molecular weight is 119 g/mol. The number of hydrogen-bond donors (Lipinski definition) is 1. The highest BCUT2D eigenvalue weighted by molar-refractivity contribution is 8.01. The van der Waals surface area contributed by atoms with E-state index in [-0.39, 0.29) is 6.61 Å². The fraction of sp³-hybridized carbons (Fsp3) is 0.750. The maximum absolute atomic E-state index is 8.45. The van der Waals surface area contributed by atoms with Crippen molar-refractivity contribution in [3.05, 3.63) is 5.94 Å². The van der Waals surface area contributed by atoms with Crippen molar-refractivity contribution in [3.8, 4) is 0 Å². The topological polar surface area (TPSA) is 29.5 Å². The largest absolute Gasteiger partial charge is 0.395 e. The summed E-state index contributed by atoms with van der Waals surface area (Å²) in [6.45, 7) is 0.891. The molecule has 0 aliphatic carbocycles. The van der Waals surface area contributed by atoms with Gasteiger partial charge in [-0.15, -0.1) is 11.8 Å². The zero-order valence-corrected chi connectivity index (χ0v) is 4.65. The van der Waals surface area contributed by atoms with Crippen LogP contribution in [0.15, 0.2) is 0 Å². The first kappa shape index (κ1) is 5.41. The van der Waals surface area contributed by atoms with Gasteiger partial charge in [-0.25, -0.2) is 0 Å². The molecule has 1 aliphatic heterocycles. The Morgan fingerprint density at radius 1 is 2.00 bits per heavy atom. The van der Waals surface area contributed by atoms with Crippen molar-refractivity contribution in [3.63, 3.8) is 0 Å². The van der Waals surface area contributed by atoms with Crippen LogP contribution in [0.4, 0.5) is 0 Å². The molecule has 1 fully saturated rings. The van der Waals surface area contributed by atoms with E-state index in [0.29, 0.717) is 11.9 Å². The summed E-state index contributed by atoms with van der Waals surface area (Å²) >= 11 is 1.55. The molecule has 1 heterocycles. The number of rotatable bonds is 1. The Morgan fingerprint density at radius 2 is 2.86 bits per heavy atom. The van der Waals surface area contributed by atoms with E-state index < -0.39 is 0 Å². The van der Waals surface area contributed by atoms with E-state index in [9.17, 15) is 0 Å². The molecule has 1 aliphatic rings. The van der Waals surface area contributed by atoms with Crippen LogP contribution in [0.2, 0.25) is 0 Å². The zero-order valence-electron chi connectivity index (χ0n) is 3.83. The smallest absolute Gasteiger partial charge is 0.139 e. The molecule has 7 heavy (non-hydrogen) atoms. The van der Waals surface area contributed by atoms with Gasteiger partial charge in [-0.2, -0.15) is 0 Å². The maximum Gasteiger partial charge on any atom is 0.139 e. The Morgan fingerprint density at radius 3 is 3.14 bits per heavy atom. The monoisotopic (exact) mass is 119 g/mol. The Bertz CT molecular complexity index is 51.7. The van der Waals surface area contributed by atoms with E-state index in [1.165, 1.54) is 0 Å².